The van der Waals surface area contributed by atoms with Gasteiger partial charge in [-0.2, -0.15) is 4.31 Å². The molecule has 1 saturated heterocycles. The summed E-state index contributed by atoms with van der Waals surface area (Å²) in [6.07, 6.45) is 3.38. The van der Waals surface area contributed by atoms with E-state index < -0.39 is 10.0 Å². The molecular formula is C19H30N2O3S. The predicted octanol–water partition coefficient (Wildman–Crippen LogP) is 2.91. The van der Waals surface area contributed by atoms with Gasteiger partial charge in [0.05, 0.1) is 4.90 Å². The van der Waals surface area contributed by atoms with Crippen molar-refractivity contribution in [2.45, 2.75) is 51.3 Å². The largest absolute Gasteiger partial charge is 0.340 e. The predicted molar refractivity (Wildman–Crippen MR) is 99.8 cm³/mol. The number of carbonyl (C=O) groups is 1. The van der Waals surface area contributed by atoms with Crippen molar-refractivity contribution in [2.75, 3.05) is 26.2 Å². The number of nitrogens with zero attached hydrogens (tertiary/aromatic N) is 2. The Balaban J connectivity index is 1.98. The van der Waals surface area contributed by atoms with Gasteiger partial charge in [0.1, 0.15) is 0 Å². The van der Waals surface area contributed by atoms with Crippen molar-refractivity contribution in [3.8, 4) is 0 Å². The van der Waals surface area contributed by atoms with E-state index in [4.69, 9.17) is 0 Å². The molecule has 1 aromatic carbocycles. The van der Waals surface area contributed by atoms with Gasteiger partial charge >= 0.3 is 0 Å². The number of carbonyl (C=O) groups excluding carboxylic acids is 1. The highest BCUT2D eigenvalue weighted by Crippen LogP contribution is 2.19. The molecule has 0 bridgehead atoms. The van der Waals surface area contributed by atoms with Crippen molar-refractivity contribution in [3.63, 3.8) is 0 Å². The van der Waals surface area contributed by atoms with E-state index in [1.54, 1.807) is 17.0 Å². The minimum absolute atomic E-state index is 0.136. The number of sulfonamides is 1. The van der Waals surface area contributed by atoms with Gasteiger partial charge in [-0.1, -0.05) is 39.3 Å². The van der Waals surface area contributed by atoms with Crippen molar-refractivity contribution >= 4 is 15.9 Å². The molecule has 6 heteroatoms. The van der Waals surface area contributed by atoms with Crippen LogP contribution in [-0.4, -0.2) is 49.7 Å². The van der Waals surface area contributed by atoms with Gasteiger partial charge in [0.25, 0.3) is 0 Å². The molecule has 1 heterocycles. The minimum Gasteiger partial charge on any atom is -0.340 e. The molecule has 5 nitrogen and oxygen atoms in total. The summed E-state index contributed by atoms with van der Waals surface area (Å²) in [5, 5.41) is 0. The molecule has 1 aliphatic rings. The van der Waals surface area contributed by atoms with Gasteiger partial charge in [0, 0.05) is 32.6 Å². The molecular weight excluding hydrogens is 336 g/mol. The van der Waals surface area contributed by atoms with Gasteiger partial charge in [0.15, 0.2) is 0 Å². The van der Waals surface area contributed by atoms with Crippen LogP contribution in [0.3, 0.4) is 0 Å². The van der Waals surface area contributed by atoms with Crippen LogP contribution in [0.25, 0.3) is 0 Å². The summed E-state index contributed by atoms with van der Waals surface area (Å²) >= 11 is 0. The molecule has 0 atom stereocenters. The van der Waals surface area contributed by atoms with Crippen LogP contribution in [0, 0.1) is 5.92 Å². The Morgan fingerprint density at radius 2 is 1.68 bits per heavy atom. The average molecular weight is 367 g/mol. The van der Waals surface area contributed by atoms with E-state index in [2.05, 4.69) is 20.8 Å². The van der Waals surface area contributed by atoms with Gasteiger partial charge in [-0.3, -0.25) is 4.79 Å². The third-order valence-corrected chi connectivity index (χ3v) is 6.45. The second-order valence-electron chi connectivity index (χ2n) is 7.13. The molecule has 1 fully saturated rings. The molecule has 0 aliphatic carbocycles. The quantitative estimate of drug-likeness (QED) is 0.745. The first-order valence-electron chi connectivity index (χ1n) is 9.21. The number of piperazine rings is 1. The summed E-state index contributed by atoms with van der Waals surface area (Å²) in [7, 11) is -3.48. The van der Waals surface area contributed by atoms with Crippen LogP contribution in [0.15, 0.2) is 29.2 Å². The SMILES string of the molecule is CCCCC(=O)N1CCN(S(=O)(=O)c2ccc(CC(C)C)cc2)CC1. The number of benzene rings is 1. The standard InChI is InChI=1S/C19H30N2O3S/c1-4-5-6-19(22)20-11-13-21(14-12-20)25(23,24)18-9-7-17(8-10-18)15-16(2)3/h7-10,16H,4-6,11-15H2,1-3H3. The molecule has 0 N–H and O–H groups in total. The van der Waals surface area contributed by atoms with Gasteiger partial charge in [-0.25, -0.2) is 8.42 Å². The van der Waals surface area contributed by atoms with Gasteiger partial charge in [-0.15, -0.1) is 0 Å². The van der Waals surface area contributed by atoms with Crippen molar-refractivity contribution in [1.29, 1.82) is 0 Å². The summed E-state index contributed by atoms with van der Waals surface area (Å²) in [6, 6.07) is 7.20. The summed E-state index contributed by atoms with van der Waals surface area (Å²) in [6.45, 7) is 8.05. The van der Waals surface area contributed by atoms with Crippen molar-refractivity contribution in [1.82, 2.24) is 9.21 Å². The van der Waals surface area contributed by atoms with Crippen LogP contribution in [0.1, 0.15) is 45.6 Å². The summed E-state index contributed by atoms with van der Waals surface area (Å²) < 4.78 is 27.1. The van der Waals surface area contributed by atoms with E-state index in [0.29, 0.717) is 43.4 Å². The van der Waals surface area contributed by atoms with E-state index in [9.17, 15) is 13.2 Å². The maximum absolute atomic E-state index is 12.8. The molecule has 0 radical (unpaired) electrons. The molecule has 0 saturated carbocycles. The minimum atomic E-state index is -3.48. The van der Waals surface area contributed by atoms with Crippen LogP contribution in [0.4, 0.5) is 0 Å². The maximum atomic E-state index is 12.8. The van der Waals surface area contributed by atoms with Crippen LogP contribution in [-0.2, 0) is 21.2 Å². The van der Waals surface area contributed by atoms with Gasteiger partial charge in [0.2, 0.25) is 15.9 Å². The van der Waals surface area contributed by atoms with E-state index in [1.807, 2.05) is 12.1 Å². The fourth-order valence-electron chi connectivity index (χ4n) is 3.08. The lowest BCUT2D eigenvalue weighted by Crippen LogP contribution is -2.50. The number of unbranched alkanes of at least 4 members (excludes halogenated alkanes) is 1. The van der Waals surface area contributed by atoms with Crippen LogP contribution in [0.2, 0.25) is 0 Å². The fraction of sp³-hybridized carbons (Fsp3) is 0.632. The molecule has 1 aromatic rings. The third kappa shape index (κ3) is 5.28. The third-order valence-electron chi connectivity index (χ3n) is 4.54. The number of amides is 1. The Morgan fingerprint density at radius 3 is 2.20 bits per heavy atom. The maximum Gasteiger partial charge on any atom is 0.243 e. The van der Waals surface area contributed by atoms with E-state index in [1.165, 1.54) is 4.31 Å². The van der Waals surface area contributed by atoms with E-state index >= 15 is 0 Å². The lowest BCUT2D eigenvalue weighted by molar-refractivity contribution is -0.132. The first-order valence-corrected chi connectivity index (χ1v) is 10.7. The average Bonchev–Trinajstić information content (AvgIpc) is 2.59. The van der Waals surface area contributed by atoms with Crippen molar-refractivity contribution in [3.05, 3.63) is 29.8 Å². The smallest absolute Gasteiger partial charge is 0.243 e. The van der Waals surface area contributed by atoms with Gasteiger partial charge < -0.3 is 4.90 Å². The van der Waals surface area contributed by atoms with Crippen LogP contribution >= 0.6 is 0 Å². The van der Waals surface area contributed by atoms with E-state index in [0.717, 1.165) is 24.8 Å². The Labute approximate surface area is 152 Å². The number of hydrogen-bond acceptors (Lipinski definition) is 3. The molecule has 2 rings (SSSR count). The summed E-state index contributed by atoms with van der Waals surface area (Å²) in [5.41, 5.74) is 1.15. The first-order chi connectivity index (χ1) is 11.8. The molecule has 0 aromatic heterocycles. The highest BCUT2D eigenvalue weighted by molar-refractivity contribution is 7.89. The van der Waals surface area contributed by atoms with Gasteiger partial charge in [-0.05, 0) is 36.5 Å². The highest BCUT2D eigenvalue weighted by Gasteiger charge is 2.29. The molecule has 1 amide bonds. The molecule has 0 spiro atoms. The topological polar surface area (TPSA) is 57.7 Å². The summed E-state index contributed by atoms with van der Waals surface area (Å²) in [5.74, 6) is 0.678. The highest BCUT2D eigenvalue weighted by atomic mass is 32.2. The number of hydrogen-bond donors (Lipinski definition) is 0. The zero-order valence-electron chi connectivity index (χ0n) is 15.6. The second-order valence-corrected chi connectivity index (χ2v) is 9.07. The monoisotopic (exact) mass is 366 g/mol. The lowest BCUT2D eigenvalue weighted by atomic mass is 10.0. The van der Waals surface area contributed by atoms with Crippen LogP contribution < -0.4 is 0 Å². The van der Waals surface area contributed by atoms with Crippen molar-refractivity contribution < 1.29 is 13.2 Å². The summed E-state index contributed by atoms with van der Waals surface area (Å²) in [4.78, 5) is 14.2. The molecule has 140 valence electrons. The zero-order valence-corrected chi connectivity index (χ0v) is 16.4. The zero-order chi connectivity index (χ0) is 18.4. The number of rotatable bonds is 7. The lowest BCUT2D eigenvalue weighted by Gasteiger charge is -2.34. The molecule has 1 aliphatic heterocycles. The molecule has 0 unspecified atom stereocenters. The normalized spacial score (nSPS) is 16.4. The first kappa shape index (κ1) is 19.9. The van der Waals surface area contributed by atoms with Crippen LogP contribution in [0.5, 0.6) is 0 Å². The van der Waals surface area contributed by atoms with Crippen molar-refractivity contribution in [2.24, 2.45) is 5.92 Å². The Morgan fingerprint density at radius 1 is 1.08 bits per heavy atom. The Hall–Kier alpha value is -1.40. The van der Waals surface area contributed by atoms with E-state index in [-0.39, 0.29) is 5.91 Å². The Bertz CT molecular complexity index is 660. The second kappa shape index (κ2) is 8.81. The Kier molecular flexibility index (Phi) is 7.02. The molecule has 25 heavy (non-hydrogen) atoms. The fourth-order valence-corrected chi connectivity index (χ4v) is 4.50.